The molecule has 142 valence electrons. The molecule has 0 unspecified atom stereocenters. The van der Waals surface area contributed by atoms with Gasteiger partial charge in [-0.1, -0.05) is 20.8 Å². The molecule has 0 aliphatic rings. The van der Waals surface area contributed by atoms with E-state index in [0.29, 0.717) is 23.1 Å². The molecule has 0 aliphatic carbocycles. The average molecular weight is 369 g/mol. The van der Waals surface area contributed by atoms with E-state index in [1.807, 2.05) is 4.68 Å². The first-order valence-electron chi connectivity index (χ1n) is 9.06. The maximum atomic E-state index is 13.8. The number of hydrogen-bond donors (Lipinski definition) is 1. The number of rotatable bonds is 6. The van der Waals surface area contributed by atoms with Crippen molar-refractivity contribution >= 4 is 16.9 Å². The third-order valence-electron chi connectivity index (χ3n) is 4.58. The van der Waals surface area contributed by atoms with E-state index in [2.05, 4.69) is 30.9 Å². The molecule has 5 nitrogen and oxygen atoms in total. The molecule has 0 amide bonds. The molecule has 2 aromatic heterocycles. The number of benzene rings is 1. The Balaban J connectivity index is 1.96. The highest BCUT2D eigenvalue weighted by Crippen LogP contribution is 2.25. The Labute approximate surface area is 157 Å². The number of carboxylic acids is 1. The van der Waals surface area contributed by atoms with Gasteiger partial charge in [0.2, 0.25) is 0 Å². The third kappa shape index (κ3) is 4.51. The SMILES string of the molecule is CC(C)(C)CCCn1nc(Cc2cnccc2C(=O)O)c2cc(F)ccc21. The second-order valence-electron chi connectivity index (χ2n) is 8.01. The first kappa shape index (κ1) is 19.0. The van der Waals surface area contributed by atoms with Crippen LogP contribution >= 0.6 is 0 Å². The number of hydrogen-bond acceptors (Lipinski definition) is 3. The number of carbonyl (C=O) groups is 1. The molecule has 0 spiro atoms. The smallest absolute Gasteiger partial charge is 0.336 e. The van der Waals surface area contributed by atoms with Crippen LogP contribution in [0.4, 0.5) is 4.39 Å². The van der Waals surface area contributed by atoms with Crippen molar-refractivity contribution < 1.29 is 14.3 Å². The van der Waals surface area contributed by atoms with Gasteiger partial charge in [0.1, 0.15) is 5.82 Å². The summed E-state index contributed by atoms with van der Waals surface area (Å²) in [7, 11) is 0. The number of nitrogens with zero attached hydrogens (tertiary/aromatic N) is 3. The molecule has 1 aromatic carbocycles. The van der Waals surface area contributed by atoms with Crippen LogP contribution in [0.2, 0.25) is 0 Å². The fraction of sp³-hybridized carbons (Fsp3) is 0.381. The standard InChI is InChI=1S/C21H24FN3O2/c1-21(2,3)8-4-10-25-19-6-5-15(22)12-17(19)18(24-25)11-14-13-23-9-7-16(14)20(26)27/h5-7,9,12-13H,4,8,10-11H2,1-3H3,(H,26,27). The van der Waals surface area contributed by atoms with Gasteiger partial charge >= 0.3 is 5.97 Å². The van der Waals surface area contributed by atoms with E-state index in [9.17, 15) is 14.3 Å². The largest absolute Gasteiger partial charge is 0.478 e. The van der Waals surface area contributed by atoms with Gasteiger partial charge in [0.05, 0.1) is 16.8 Å². The van der Waals surface area contributed by atoms with Crippen LogP contribution in [-0.4, -0.2) is 25.8 Å². The van der Waals surface area contributed by atoms with Gasteiger partial charge in [-0.25, -0.2) is 9.18 Å². The Morgan fingerprint density at radius 1 is 1.26 bits per heavy atom. The van der Waals surface area contributed by atoms with Gasteiger partial charge in [0, 0.05) is 30.7 Å². The number of halogens is 1. The van der Waals surface area contributed by atoms with Gasteiger partial charge in [-0.2, -0.15) is 5.10 Å². The summed E-state index contributed by atoms with van der Waals surface area (Å²) < 4.78 is 15.7. The molecule has 0 radical (unpaired) electrons. The van der Waals surface area contributed by atoms with E-state index in [1.165, 1.54) is 30.6 Å². The van der Waals surface area contributed by atoms with E-state index in [0.717, 1.165) is 24.9 Å². The van der Waals surface area contributed by atoms with Crippen LogP contribution < -0.4 is 0 Å². The molecule has 3 rings (SSSR count). The van der Waals surface area contributed by atoms with Crippen LogP contribution in [0.25, 0.3) is 10.9 Å². The van der Waals surface area contributed by atoms with Crippen LogP contribution in [0.5, 0.6) is 0 Å². The highest BCUT2D eigenvalue weighted by molar-refractivity contribution is 5.89. The van der Waals surface area contributed by atoms with Gasteiger partial charge in [-0.05, 0) is 48.1 Å². The minimum Gasteiger partial charge on any atom is -0.478 e. The molecule has 0 bridgehead atoms. The molecule has 3 aromatic rings. The molecule has 0 saturated carbocycles. The molecule has 0 fully saturated rings. The zero-order valence-electron chi connectivity index (χ0n) is 15.9. The van der Waals surface area contributed by atoms with Crippen LogP contribution in [0.1, 0.15) is 55.2 Å². The highest BCUT2D eigenvalue weighted by atomic mass is 19.1. The van der Waals surface area contributed by atoms with E-state index >= 15 is 0 Å². The molecule has 0 aliphatic heterocycles. The summed E-state index contributed by atoms with van der Waals surface area (Å²) in [6.07, 6.45) is 5.30. The van der Waals surface area contributed by atoms with Gasteiger partial charge in [0.25, 0.3) is 0 Å². The number of fused-ring (bicyclic) bond motifs is 1. The molecule has 1 N–H and O–H groups in total. The van der Waals surface area contributed by atoms with Gasteiger partial charge < -0.3 is 5.11 Å². The normalized spacial score (nSPS) is 11.9. The number of carboxylic acid groups (broad SMARTS) is 1. The Morgan fingerprint density at radius 3 is 2.74 bits per heavy atom. The van der Waals surface area contributed by atoms with Crippen molar-refractivity contribution in [3.8, 4) is 0 Å². The van der Waals surface area contributed by atoms with Crippen molar-refractivity contribution in [2.45, 2.75) is 46.6 Å². The lowest BCUT2D eigenvalue weighted by Gasteiger charge is -2.17. The fourth-order valence-electron chi connectivity index (χ4n) is 3.24. The topological polar surface area (TPSA) is 68.0 Å². The van der Waals surface area contributed by atoms with E-state index < -0.39 is 5.97 Å². The first-order chi connectivity index (χ1) is 12.7. The van der Waals surface area contributed by atoms with Crippen molar-refractivity contribution in [2.75, 3.05) is 0 Å². The molecule has 6 heteroatoms. The lowest BCUT2D eigenvalue weighted by Crippen LogP contribution is -2.08. The summed E-state index contributed by atoms with van der Waals surface area (Å²) in [5, 5.41) is 14.8. The predicted molar refractivity (Wildman–Crippen MR) is 102 cm³/mol. The second kappa shape index (κ2) is 7.47. The van der Waals surface area contributed by atoms with Gasteiger partial charge in [0.15, 0.2) is 0 Å². The Kier molecular flexibility index (Phi) is 5.26. The van der Waals surface area contributed by atoms with E-state index in [1.54, 1.807) is 6.07 Å². The van der Waals surface area contributed by atoms with Crippen molar-refractivity contribution in [2.24, 2.45) is 5.41 Å². The van der Waals surface area contributed by atoms with Gasteiger partial charge in [-0.3, -0.25) is 9.67 Å². The molecule has 0 atom stereocenters. The monoisotopic (exact) mass is 369 g/mol. The van der Waals surface area contributed by atoms with Crippen LogP contribution in [-0.2, 0) is 13.0 Å². The highest BCUT2D eigenvalue weighted by Gasteiger charge is 2.17. The zero-order valence-corrected chi connectivity index (χ0v) is 15.9. The number of pyridine rings is 1. The molecular weight excluding hydrogens is 345 g/mol. The third-order valence-corrected chi connectivity index (χ3v) is 4.58. The maximum absolute atomic E-state index is 13.8. The molecular formula is C21H24FN3O2. The quantitative estimate of drug-likeness (QED) is 0.685. The van der Waals surface area contributed by atoms with Crippen molar-refractivity contribution in [1.82, 2.24) is 14.8 Å². The maximum Gasteiger partial charge on any atom is 0.336 e. The van der Waals surface area contributed by atoms with Crippen molar-refractivity contribution in [1.29, 1.82) is 0 Å². The van der Waals surface area contributed by atoms with E-state index in [-0.39, 0.29) is 16.8 Å². The number of aryl methyl sites for hydroxylation is 1. The molecule has 2 heterocycles. The summed E-state index contributed by atoms with van der Waals surface area (Å²) in [5.41, 5.74) is 2.52. The minimum absolute atomic E-state index is 0.192. The summed E-state index contributed by atoms with van der Waals surface area (Å²) in [5.74, 6) is -1.34. The fourth-order valence-corrected chi connectivity index (χ4v) is 3.24. The zero-order chi connectivity index (χ0) is 19.6. The summed E-state index contributed by atoms with van der Waals surface area (Å²) in [6, 6.07) is 6.11. The van der Waals surface area contributed by atoms with Crippen LogP contribution in [0.3, 0.4) is 0 Å². The lowest BCUT2D eigenvalue weighted by molar-refractivity contribution is 0.0695. The summed E-state index contributed by atoms with van der Waals surface area (Å²) >= 11 is 0. The summed E-state index contributed by atoms with van der Waals surface area (Å²) in [6.45, 7) is 7.33. The average Bonchev–Trinajstić information content (AvgIpc) is 2.91. The minimum atomic E-state index is -1.01. The van der Waals surface area contributed by atoms with Crippen molar-refractivity contribution in [3.63, 3.8) is 0 Å². The van der Waals surface area contributed by atoms with E-state index in [4.69, 9.17) is 0 Å². The second-order valence-corrected chi connectivity index (χ2v) is 8.01. The van der Waals surface area contributed by atoms with Gasteiger partial charge in [-0.15, -0.1) is 0 Å². The van der Waals surface area contributed by atoms with Crippen molar-refractivity contribution in [3.05, 3.63) is 59.3 Å². The number of aromatic carboxylic acids is 1. The lowest BCUT2D eigenvalue weighted by atomic mass is 9.91. The first-order valence-corrected chi connectivity index (χ1v) is 9.06. The Hall–Kier alpha value is -2.76. The number of aromatic nitrogens is 3. The summed E-state index contributed by atoms with van der Waals surface area (Å²) in [4.78, 5) is 15.5. The van der Waals surface area contributed by atoms with Crippen LogP contribution in [0.15, 0.2) is 36.7 Å². The predicted octanol–water partition coefficient (Wildman–Crippen LogP) is 4.69. The Morgan fingerprint density at radius 2 is 2.04 bits per heavy atom. The molecule has 0 saturated heterocycles. The molecule has 27 heavy (non-hydrogen) atoms. The Bertz CT molecular complexity index is 973. The van der Waals surface area contributed by atoms with Crippen LogP contribution in [0, 0.1) is 11.2 Å².